The normalized spacial score (nSPS) is 9.85. The quantitative estimate of drug-likeness (QED) is 0.707. The van der Waals surface area contributed by atoms with Gasteiger partial charge in [-0.15, -0.1) is 0 Å². The highest BCUT2D eigenvalue weighted by atomic mass is 15.1. The molecule has 104 valence electrons. The number of benzene rings is 1. The maximum atomic E-state index is 8.73. The van der Waals surface area contributed by atoms with Gasteiger partial charge in [0.1, 0.15) is 17.7 Å². The Kier molecular flexibility index (Phi) is 7.11. The van der Waals surface area contributed by atoms with Crippen molar-refractivity contribution in [2.75, 3.05) is 13.1 Å². The first-order chi connectivity index (χ1) is 9.73. The van der Waals surface area contributed by atoms with Crippen molar-refractivity contribution in [1.29, 1.82) is 10.5 Å². The van der Waals surface area contributed by atoms with E-state index in [1.807, 2.05) is 24.3 Å². The molecule has 0 saturated heterocycles. The van der Waals surface area contributed by atoms with E-state index >= 15 is 0 Å². The molecule has 0 aliphatic rings. The van der Waals surface area contributed by atoms with Crippen molar-refractivity contribution in [1.82, 2.24) is 4.90 Å². The largest absolute Gasteiger partial charge is 0.299 e. The lowest BCUT2D eigenvalue weighted by Gasteiger charge is -2.20. The fourth-order valence-electron chi connectivity index (χ4n) is 2.14. The van der Waals surface area contributed by atoms with E-state index in [9.17, 15) is 0 Å². The van der Waals surface area contributed by atoms with Crippen molar-refractivity contribution >= 4 is 6.08 Å². The monoisotopic (exact) mass is 267 g/mol. The van der Waals surface area contributed by atoms with Crippen LogP contribution in [0.2, 0.25) is 0 Å². The van der Waals surface area contributed by atoms with Crippen molar-refractivity contribution < 1.29 is 0 Å². The van der Waals surface area contributed by atoms with Crippen LogP contribution in [0.5, 0.6) is 0 Å². The highest BCUT2D eigenvalue weighted by Gasteiger charge is 2.03. The zero-order chi connectivity index (χ0) is 14.8. The van der Waals surface area contributed by atoms with Crippen LogP contribution in [0, 0.1) is 22.7 Å². The molecule has 1 aromatic rings. The van der Waals surface area contributed by atoms with E-state index in [4.69, 9.17) is 10.5 Å². The standard InChI is InChI=1S/C17H21N3/c1-3-9-20(10-4-2)14-16-7-5-15(6-8-16)11-17(12-18)13-19/h5-8,11H,3-4,9-10,14H2,1-2H3. The second kappa shape index (κ2) is 8.91. The summed E-state index contributed by atoms with van der Waals surface area (Å²) in [6, 6.07) is 11.8. The van der Waals surface area contributed by atoms with Gasteiger partial charge in [-0.2, -0.15) is 10.5 Å². The summed E-state index contributed by atoms with van der Waals surface area (Å²) in [6.45, 7) is 7.57. The maximum absolute atomic E-state index is 8.73. The molecule has 3 nitrogen and oxygen atoms in total. The van der Waals surface area contributed by atoms with E-state index in [-0.39, 0.29) is 5.57 Å². The van der Waals surface area contributed by atoms with Gasteiger partial charge >= 0.3 is 0 Å². The topological polar surface area (TPSA) is 50.8 Å². The van der Waals surface area contributed by atoms with Crippen molar-refractivity contribution in [2.45, 2.75) is 33.2 Å². The third-order valence-electron chi connectivity index (χ3n) is 3.02. The van der Waals surface area contributed by atoms with E-state index < -0.39 is 0 Å². The molecule has 0 radical (unpaired) electrons. The van der Waals surface area contributed by atoms with Gasteiger partial charge in [-0.05, 0) is 43.1 Å². The van der Waals surface area contributed by atoms with Crippen molar-refractivity contribution in [3.05, 3.63) is 41.0 Å². The lowest BCUT2D eigenvalue weighted by atomic mass is 10.1. The molecule has 0 aliphatic carbocycles. The minimum absolute atomic E-state index is 0.136. The Hall–Kier alpha value is -2.10. The summed E-state index contributed by atoms with van der Waals surface area (Å²) in [4.78, 5) is 2.45. The van der Waals surface area contributed by atoms with Crippen LogP contribution in [0.1, 0.15) is 37.8 Å². The molecule has 20 heavy (non-hydrogen) atoms. The number of nitriles is 2. The molecule has 0 amide bonds. The third kappa shape index (κ3) is 5.26. The first-order valence-corrected chi connectivity index (χ1v) is 7.06. The SMILES string of the molecule is CCCN(CCC)Cc1ccc(C=C(C#N)C#N)cc1. The van der Waals surface area contributed by atoms with Crippen LogP contribution >= 0.6 is 0 Å². The highest BCUT2D eigenvalue weighted by molar-refractivity contribution is 5.61. The molecule has 0 aliphatic heterocycles. The fraction of sp³-hybridized carbons (Fsp3) is 0.412. The molecule has 0 saturated carbocycles. The van der Waals surface area contributed by atoms with Crippen molar-refractivity contribution in [3.63, 3.8) is 0 Å². The van der Waals surface area contributed by atoms with E-state index in [0.29, 0.717) is 0 Å². The summed E-state index contributed by atoms with van der Waals surface area (Å²) >= 11 is 0. The Morgan fingerprint density at radius 1 is 1.05 bits per heavy atom. The van der Waals surface area contributed by atoms with Crippen LogP contribution in [-0.2, 0) is 6.54 Å². The Balaban J connectivity index is 2.74. The van der Waals surface area contributed by atoms with Gasteiger partial charge in [0.05, 0.1) is 0 Å². The fourth-order valence-corrected chi connectivity index (χ4v) is 2.14. The van der Waals surface area contributed by atoms with Gasteiger partial charge in [0, 0.05) is 6.54 Å². The molecule has 0 bridgehead atoms. The van der Waals surface area contributed by atoms with Crippen LogP contribution in [-0.4, -0.2) is 18.0 Å². The Morgan fingerprint density at radius 3 is 2.05 bits per heavy atom. The lowest BCUT2D eigenvalue weighted by Crippen LogP contribution is -2.24. The third-order valence-corrected chi connectivity index (χ3v) is 3.02. The number of hydrogen-bond donors (Lipinski definition) is 0. The molecule has 0 atom stereocenters. The van der Waals surface area contributed by atoms with E-state index in [1.165, 1.54) is 5.56 Å². The van der Waals surface area contributed by atoms with Crippen LogP contribution in [0.15, 0.2) is 29.8 Å². The van der Waals surface area contributed by atoms with Crippen LogP contribution in [0.4, 0.5) is 0 Å². The molecule has 0 fully saturated rings. The van der Waals surface area contributed by atoms with E-state index in [2.05, 4.69) is 30.9 Å². The van der Waals surface area contributed by atoms with Crippen molar-refractivity contribution in [3.8, 4) is 12.1 Å². The van der Waals surface area contributed by atoms with Gasteiger partial charge in [-0.25, -0.2) is 0 Å². The summed E-state index contributed by atoms with van der Waals surface area (Å²) in [5, 5.41) is 17.5. The van der Waals surface area contributed by atoms with E-state index in [0.717, 1.165) is 38.0 Å². The van der Waals surface area contributed by atoms with Gasteiger partial charge in [0.25, 0.3) is 0 Å². The van der Waals surface area contributed by atoms with Gasteiger partial charge in [-0.1, -0.05) is 38.1 Å². The summed E-state index contributed by atoms with van der Waals surface area (Å²) < 4.78 is 0. The molecule has 3 heteroatoms. The number of hydrogen-bond acceptors (Lipinski definition) is 3. The highest BCUT2D eigenvalue weighted by Crippen LogP contribution is 2.11. The number of allylic oxidation sites excluding steroid dienone is 1. The van der Waals surface area contributed by atoms with Crippen LogP contribution in [0.3, 0.4) is 0 Å². The van der Waals surface area contributed by atoms with E-state index in [1.54, 1.807) is 6.08 Å². The molecule has 1 rings (SSSR count). The zero-order valence-electron chi connectivity index (χ0n) is 12.3. The minimum Gasteiger partial charge on any atom is -0.299 e. The predicted molar refractivity (Wildman–Crippen MR) is 81.5 cm³/mol. The number of rotatable bonds is 7. The Labute approximate surface area is 121 Å². The van der Waals surface area contributed by atoms with Crippen LogP contribution < -0.4 is 0 Å². The van der Waals surface area contributed by atoms with Gasteiger partial charge < -0.3 is 0 Å². The maximum Gasteiger partial charge on any atom is 0.130 e. The second-order valence-electron chi connectivity index (χ2n) is 4.80. The lowest BCUT2D eigenvalue weighted by molar-refractivity contribution is 0.266. The van der Waals surface area contributed by atoms with Crippen LogP contribution in [0.25, 0.3) is 6.08 Å². The summed E-state index contributed by atoms with van der Waals surface area (Å²) in [6.07, 6.45) is 3.93. The first kappa shape index (κ1) is 16.0. The minimum atomic E-state index is 0.136. The van der Waals surface area contributed by atoms with Gasteiger partial charge in [-0.3, -0.25) is 4.90 Å². The summed E-state index contributed by atoms with van der Waals surface area (Å²) in [5.41, 5.74) is 2.29. The molecular formula is C17H21N3. The average molecular weight is 267 g/mol. The molecule has 0 heterocycles. The second-order valence-corrected chi connectivity index (χ2v) is 4.80. The summed E-state index contributed by atoms with van der Waals surface area (Å²) in [5.74, 6) is 0. The zero-order valence-corrected chi connectivity index (χ0v) is 12.3. The Bertz CT molecular complexity index is 493. The molecule has 0 spiro atoms. The molecule has 0 aromatic heterocycles. The van der Waals surface area contributed by atoms with Gasteiger partial charge in [0.2, 0.25) is 0 Å². The average Bonchev–Trinajstić information content (AvgIpc) is 2.47. The predicted octanol–water partition coefficient (Wildman–Crippen LogP) is 3.74. The first-order valence-electron chi connectivity index (χ1n) is 7.06. The molecular weight excluding hydrogens is 246 g/mol. The molecule has 1 aromatic carbocycles. The molecule has 0 N–H and O–H groups in total. The summed E-state index contributed by atoms with van der Waals surface area (Å²) in [7, 11) is 0. The Morgan fingerprint density at radius 2 is 1.60 bits per heavy atom. The smallest absolute Gasteiger partial charge is 0.130 e. The molecule has 0 unspecified atom stereocenters. The van der Waals surface area contributed by atoms with Gasteiger partial charge in [0.15, 0.2) is 0 Å². The number of nitrogens with zero attached hydrogens (tertiary/aromatic N) is 3. The van der Waals surface area contributed by atoms with Crippen molar-refractivity contribution in [2.24, 2.45) is 0 Å².